The molecule has 1 amide bonds. The van der Waals surface area contributed by atoms with E-state index in [0.29, 0.717) is 17.3 Å². The van der Waals surface area contributed by atoms with Crippen molar-refractivity contribution >= 4 is 17.5 Å². The number of amides is 1. The minimum Gasteiger partial charge on any atom is -0.468 e. The third-order valence-electron chi connectivity index (χ3n) is 4.78. The van der Waals surface area contributed by atoms with Gasteiger partial charge < -0.3 is 14.3 Å². The number of nitrogens with one attached hydrogen (secondary N) is 1. The van der Waals surface area contributed by atoms with E-state index in [1.165, 1.54) is 12.8 Å². The van der Waals surface area contributed by atoms with E-state index in [-0.39, 0.29) is 17.6 Å². The van der Waals surface area contributed by atoms with Gasteiger partial charge in [-0.15, -0.1) is 0 Å². The first-order valence-electron chi connectivity index (χ1n) is 8.99. The number of carbonyl (C=O) groups is 1. The van der Waals surface area contributed by atoms with Gasteiger partial charge in [0.05, 0.1) is 12.3 Å². The van der Waals surface area contributed by atoms with E-state index in [0.717, 1.165) is 24.4 Å². The van der Waals surface area contributed by atoms with Gasteiger partial charge in [-0.25, -0.2) is 0 Å². The largest absolute Gasteiger partial charge is 0.468 e. The molecule has 1 saturated heterocycles. The van der Waals surface area contributed by atoms with Gasteiger partial charge in [0.15, 0.2) is 11.5 Å². The third kappa shape index (κ3) is 4.07. The lowest BCUT2D eigenvalue weighted by atomic mass is 10.1. The molecule has 1 aliphatic rings. The molecule has 3 heterocycles. The van der Waals surface area contributed by atoms with Gasteiger partial charge >= 0.3 is 0 Å². The van der Waals surface area contributed by atoms with Crippen LogP contribution in [0.1, 0.15) is 35.1 Å². The molecular formula is C20H20ClN3O3. The monoisotopic (exact) mass is 385 g/mol. The van der Waals surface area contributed by atoms with Crippen molar-refractivity contribution in [3.05, 3.63) is 65.2 Å². The van der Waals surface area contributed by atoms with E-state index in [2.05, 4.69) is 15.4 Å². The number of rotatable bonds is 6. The van der Waals surface area contributed by atoms with Crippen LogP contribution in [-0.2, 0) is 0 Å². The minimum absolute atomic E-state index is 0.0223. The summed E-state index contributed by atoms with van der Waals surface area (Å²) in [4.78, 5) is 14.9. The Kier molecular flexibility index (Phi) is 5.27. The van der Waals surface area contributed by atoms with Gasteiger partial charge in [0.25, 0.3) is 5.91 Å². The smallest absolute Gasteiger partial charge is 0.273 e. The first kappa shape index (κ1) is 17.8. The van der Waals surface area contributed by atoms with Crippen LogP contribution >= 0.6 is 11.6 Å². The van der Waals surface area contributed by atoms with Crippen molar-refractivity contribution in [1.29, 1.82) is 0 Å². The molecular weight excluding hydrogens is 366 g/mol. The van der Waals surface area contributed by atoms with Gasteiger partial charge in [-0.05, 0) is 62.3 Å². The summed E-state index contributed by atoms with van der Waals surface area (Å²) in [6.07, 6.45) is 3.99. The number of likely N-dealkylation sites (tertiary alicyclic amines) is 1. The second kappa shape index (κ2) is 7.98. The van der Waals surface area contributed by atoms with Crippen LogP contribution in [0, 0.1) is 0 Å². The van der Waals surface area contributed by atoms with Crippen LogP contribution in [0.25, 0.3) is 11.3 Å². The van der Waals surface area contributed by atoms with Crippen LogP contribution in [0.3, 0.4) is 0 Å². The Morgan fingerprint density at radius 3 is 2.70 bits per heavy atom. The van der Waals surface area contributed by atoms with E-state index in [1.807, 2.05) is 24.3 Å². The van der Waals surface area contributed by atoms with Crippen LogP contribution in [0.2, 0.25) is 5.02 Å². The molecule has 6 nitrogen and oxygen atoms in total. The number of aromatic nitrogens is 1. The van der Waals surface area contributed by atoms with Gasteiger partial charge in [0.1, 0.15) is 5.76 Å². The maximum Gasteiger partial charge on any atom is 0.273 e. The molecule has 1 atom stereocenters. The van der Waals surface area contributed by atoms with Crippen molar-refractivity contribution in [3.63, 3.8) is 0 Å². The van der Waals surface area contributed by atoms with Crippen LogP contribution in [0.15, 0.2) is 57.7 Å². The Balaban J connectivity index is 1.43. The molecule has 1 aromatic carbocycles. The topological polar surface area (TPSA) is 71.5 Å². The number of furan rings is 1. The number of hydrogen-bond donors (Lipinski definition) is 1. The first-order valence-corrected chi connectivity index (χ1v) is 9.37. The quantitative estimate of drug-likeness (QED) is 0.690. The molecule has 1 aliphatic heterocycles. The third-order valence-corrected chi connectivity index (χ3v) is 5.03. The van der Waals surface area contributed by atoms with E-state index in [9.17, 15) is 4.79 Å². The lowest BCUT2D eigenvalue weighted by molar-refractivity contribution is 0.0925. The zero-order valence-corrected chi connectivity index (χ0v) is 15.5. The fourth-order valence-corrected chi connectivity index (χ4v) is 3.48. The zero-order valence-electron chi connectivity index (χ0n) is 14.7. The summed E-state index contributed by atoms with van der Waals surface area (Å²) in [5, 5.41) is 7.49. The number of nitrogens with zero attached hydrogens (tertiary/aromatic N) is 2. The van der Waals surface area contributed by atoms with E-state index in [1.54, 1.807) is 24.5 Å². The van der Waals surface area contributed by atoms with Crippen LogP contribution in [0.4, 0.5) is 0 Å². The van der Waals surface area contributed by atoms with Crippen molar-refractivity contribution in [3.8, 4) is 11.3 Å². The van der Waals surface area contributed by atoms with E-state index < -0.39 is 0 Å². The lowest BCUT2D eigenvalue weighted by Crippen LogP contribution is -2.36. The molecule has 4 rings (SSSR count). The highest BCUT2D eigenvalue weighted by molar-refractivity contribution is 6.30. The van der Waals surface area contributed by atoms with Crippen molar-refractivity contribution in [2.45, 2.75) is 18.9 Å². The van der Waals surface area contributed by atoms with Crippen molar-refractivity contribution in [2.24, 2.45) is 0 Å². The zero-order chi connectivity index (χ0) is 18.6. The fraction of sp³-hybridized carbons (Fsp3) is 0.300. The normalized spacial score (nSPS) is 15.7. The van der Waals surface area contributed by atoms with Crippen LogP contribution in [0.5, 0.6) is 0 Å². The molecule has 2 aromatic heterocycles. The first-order chi connectivity index (χ1) is 13.2. The fourth-order valence-electron chi connectivity index (χ4n) is 3.36. The van der Waals surface area contributed by atoms with Gasteiger partial charge in [-0.2, -0.15) is 0 Å². The Labute approximate surface area is 162 Å². The van der Waals surface area contributed by atoms with Gasteiger partial charge in [-0.3, -0.25) is 9.69 Å². The Hall–Kier alpha value is -2.57. The Morgan fingerprint density at radius 2 is 2.00 bits per heavy atom. The number of halogens is 1. The maximum absolute atomic E-state index is 12.5. The SMILES string of the molecule is O=C(NC[C@@H](c1ccco1)N1CCCC1)c1cc(-c2ccc(Cl)cc2)on1. The number of hydrogen-bond acceptors (Lipinski definition) is 5. The van der Waals surface area contributed by atoms with Gasteiger partial charge in [0, 0.05) is 23.2 Å². The van der Waals surface area contributed by atoms with Crippen molar-refractivity contribution in [1.82, 2.24) is 15.4 Å². The predicted octanol–water partition coefficient (Wildman–Crippen LogP) is 4.15. The highest BCUT2D eigenvalue weighted by atomic mass is 35.5. The molecule has 27 heavy (non-hydrogen) atoms. The van der Waals surface area contributed by atoms with Crippen LogP contribution < -0.4 is 5.32 Å². The van der Waals surface area contributed by atoms with Gasteiger partial charge in [0.2, 0.25) is 0 Å². The second-order valence-corrected chi connectivity index (χ2v) is 7.00. The molecule has 0 radical (unpaired) electrons. The average Bonchev–Trinajstić information content (AvgIpc) is 3.44. The Bertz CT molecular complexity index is 884. The molecule has 1 N–H and O–H groups in total. The average molecular weight is 386 g/mol. The molecule has 0 bridgehead atoms. The number of carbonyl (C=O) groups excluding carboxylic acids is 1. The Morgan fingerprint density at radius 1 is 1.22 bits per heavy atom. The summed E-state index contributed by atoms with van der Waals surface area (Å²) in [6.45, 7) is 2.47. The van der Waals surface area contributed by atoms with E-state index >= 15 is 0 Å². The summed E-state index contributed by atoms with van der Waals surface area (Å²) < 4.78 is 10.9. The summed E-state index contributed by atoms with van der Waals surface area (Å²) in [5.74, 6) is 1.12. The highest BCUT2D eigenvalue weighted by Gasteiger charge is 2.26. The van der Waals surface area contributed by atoms with Crippen molar-refractivity contribution < 1.29 is 13.7 Å². The molecule has 0 spiro atoms. The predicted molar refractivity (Wildman–Crippen MR) is 102 cm³/mol. The second-order valence-electron chi connectivity index (χ2n) is 6.57. The van der Waals surface area contributed by atoms with Crippen LogP contribution in [-0.4, -0.2) is 35.6 Å². The minimum atomic E-state index is -0.269. The lowest BCUT2D eigenvalue weighted by Gasteiger charge is -2.25. The summed E-state index contributed by atoms with van der Waals surface area (Å²) >= 11 is 5.90. The van der Waals surface area contributed by atoms with E-state index in [4.69, 9.17) is 20.5 Å². The summed E-state index contributed by atoms with van der Waals surface area (Å²) in [6, 6.07) is 12.7. The molecule has 3 aromatic rings. The summed E-state index contributed by atoms with van der Waals surface area (Å²) in [5.41, 5.74) is 1.07. The highest BCUT2D eigenvalue weighted by Crippen LogP contribution is 2.25. The molecule has 0 saturated carbocycles. The summed E-state index contributed by atoms with van der Waals surface area (Å²) in [7, 11) is 0. The molecule has 0 aliphatic carbocycles. The van der Waals surface area contributed by atoms with Crippen molar-refractivity contribution in [2.75, 3.05) is 19.6 Å². The maximum atomic E-state index is 12.5. The molecule has 1 fully saturated rings. The van der Waals surface area contributed by atoms with Gasteiger partial charge in [-0.1, -0.05) is 16.8 Å². The molecule has 140 valence electrons. The molecule has 0 unspecified atom stereocenters. The number of benzene rings is 1. The molecule has 7 heteroatoms. The standard InChI is InChI=1S/C20H20ClN3O3/c21-15-7-5-14(6-8-15)19-12-16(23-27-19)20(25)22-13-17(18-4-3-11-26-18)24-9-1-2-10-24/h3-8,11-12,17H,1-2,9-10,13H2,(H,22,25)/t17-/m0/s1.